The van der Waals surface area contributed by atoms with E-state index in [2.05, 4.69) is 56.9 Å². The first kappa shape index (κ1) is 13.9. The van der Waals surface area contributed by atoms with Crippen molar-refractivity contribution < 1.29 is 0 Å². The Labute approximate surface area is 117 Å². The molecule has 0 spiro atoms. The molecule has 2 rings (SSSR count). The van der Waals surface area contributed by atoms with Crippen molar-refractivity contribution in [1.82, 2.24) is 0 Å². The molecule has 0 radical (unpaired) electrons. The average molecular weight is 256 g/mol. The summed E-state index contributed by atoms with van der Waals surface area (Å²) in [5, 5.41) is 9.04. The molecule has 1 aliphatic heterocycles. The zero-order valence-electron chi connectivity index (χ0n) is 12.5. The van der Waals surface area contributed by atoms with Crippen molar-refractivity contribution in [3.63, 3.8) is 0 Å². The van der Waals surface area contributed by atoms with E-state index in [1.54, 1.807) is 0 Å². The second kappa shape index (κ2) is 5.25. The number of nitriles is 1. The Morgan fingerprint density at radius 2 is 2.11 bits per heavy atom. The van der Waals surface area contributed by atoms with Crippen molar-refractivity contribution in [3.8, 4) is 6.07 Å². The number of nitrogens with zero attached hydrogens (tertiary/aromatic N) is 2. The second-order valence-electron chi connectivity index (χ2n) is 6.53. The first-order valence-electron chi connectivity index (χ1n) is 7.13. The zero-order valence-corrected chi connectivity index (χ0v) is 12.5. The minimum absolute atomic E-state index is 0.282. The van der Waals surface area contributed by atoms with E-state index in [4.69, 9.17) is 5.26 Å². The molecule has 19 heavy (non-hydrogen) atoms. The number of rotatable bonds is 2. The van der Waals surface area contributed by atoms with Gasteiger partial charge in [0.1, 0.15) is 0 Å². The van der Waals surface area contributed by atoms with E-state index in [-0.39, 0.29) is 5.41 Å². The first-order chi connectivity index (χ1) is 8.94. The maximum Gasteiger partial charge on any atom is 0.0625 e. The Balaban J connectivity index is 2.23. The monoisotopic (exact) mass is 256 g/mol. The predicted molar refractivity (Wildman–Crippen MR) is 80.2 cm³/mol. The average Bonchev–Trinajstić information content (AvgIpc) is 2.35. The lowest BCUT2D eigenvalue weighted by atomic mass is 9.72. The van der Waals surface area contributed by atoms with Crippen LogP contribution >= 0.6 is 0 Å². The molecule has 1 atom stereocenters. The maximum atomic E-state index is 9.04. The highest BCUT2D eigenvalue weighted by Gasteiger charge is 2.35. The minimum atomic E-state index is 0.282. The number of aryl methyl sites for hydroxylation is 2. The molecule has 1 fully saturated rings. The van der Waals surface area contributed by atoms with Crippen LogP contribution in [0.15, 0.2) is 18.2 Å². The molecule has 1 heterocycles. The quantitative estimate of drug-likeness (QED) is 0.797. The standard InChI is InChI=1S/C17H24N2/c1-13-5-6-14(2)16(11-13)19-10-8-17(3,4)15(12-19)7-9-18/h5-6,11,15H,7-8,10,12H2,1-4H3. The highest BCUT2D eigenvalue weighted by molar-refractivity contribution is 5.55. The van der Waals surface area contributed by atoms with Crippen molar-refractivity contribution in [2.75, 3.05) is 18.0 Å². The highest BCUT2D eigenvalue weighted by atomic mass is 15.1. The topological polar surface area (TPSA) is 27.0 Å². The lowest BCUT2D eigenvalue weighted by Crippen LogP contribution is -2.45. The Morgan fingerprint density at radius 3 is 2.79 bits per heavy atom. The lowest BCUT2D eigenvalue weighted by Gasteiger charge is -2.44. The molecule has 0 N–H and O–H groups in total. The molecule has 0 aromatic heterocycles. The van der Waals surface area contributed by atoms with Gasteiger partial charge in [-0.1, -0.05) is 26.0 Å². The number of hydrogen-bond acceptors (Lipinski definition) is 2. The molecule has 1 aromatic carbocycles. The van der Waals surface area contributed by atoms with Crippen molar-refractivity contribution >= 4 is 5.69 Å². The zero-order chi connectivity index (χ0) is 14.0. The van der Waals surface area contributed by atoms with E-state index >= 15 is 0 Å². The molecule has 2 nitrogen and oxygen atoms in total. The molecular weight excluding hydrogens is 232 g/mol. The molecule has 1 unspecified atom stereocenters. The van der Waals surface area contributed by atoms with E-state index in [0.29, 0.717) is 12.3 Å². The third kappa shape index (κ3) is 2.92. The van der Waals surface area contributed by atoms with Gasteiger partial charge in [0.2, 0.25) is 0 Å². The minimum Gasteiger partial charge on any atom is -0.371 e. The van der Waals surface area contributed by atoms with E-state index < -0.39 is 0 Å². The molecule has 0 amide bonds. The van der Waals surface area contributed by atoms with E-state index in [0.717, 1.165) is 19.5 Å². The summed E-state index contributed by atoms with van der Waals surface area (Å²) < 4.78 is 0. The Bertz CT molecular complexity index is 496. The molecule has 1 aromatic rings. The van der Waals surface area contributed by atoms with Gasteiger partial charge >= 0.3 is 0 Å². The number of anilines is 1. The fourth-order valence-electron chi connectivity index (χ4n) is 2.96. The van der Waals surface area contributed by atoms with Gasteiger partial charge < -0.3 is 4.90 Å². The summed E-state index contributed by atoms with van der Waals surface area (Å²) in [5.41, 5.74) is 4.27. The van der Waals surface area contributed by atoms with E-state index in [1.165, 1.54) is 16.8 Å². The number of benzene rings is 1. The van der Waals surface area contributed by atoms with Crippen LogP contribution in [0.25, 0.3) is 0 Å². The van der Waals surface area contributed by atoms with Crippen LogP contribution in [-0.4, -0.2) is 13.1 Å². The van der Waals surface area contributed by atoms with Crippen LogP contribution < -0.4 is 4.90 Å². The van der Waals surface area contributed by atoms with Crippen LogP contribution in [0.4, 0.5) is 5.69 Å². The fraction of sp³-hybridized carbons (Fsp3) is 0.588. The van der Waals surface area contributed by atoms with Gasteiger partial charge in [0.25, 0.3) is 0 Å². The smallest absolute Gasteiger partial charge is 0.0625 e. The second-order valence-corrected chi connectivity index (χ2v) is 6.53. The molecule has 1 saturated heterocycles. The number of piperidine rings is 1. The highest BCUT2D eigenvalue weighted by Crippen LogP contribution is 2.39. The first-order valence-corrected chi connectivity index (χ1v) is 7.13. The molecule has 0 aliphatic carbocycles. The number of hydrogen-bond donors (Lipinski definition) is 0. The van der Waals surface area contributed by atoms with Crippen molar-refractivity contribution in [3.05, 3.63) is 29.3 Å². The van der Waals surface area contributed by atoms with Crippen LogP contribution in [0.1, 0.15) is 37.8 Å². The molecule has 2 heteroatoms. The molecule has 102 valence electrons. The van der Waals surface area contributed by atoms with Crippen molar-refractivity contribution in [2.24, 2.45) is 11.3 Å². The Morgan fingerprint density at radius 1 is 1.37 bits per heavy atom. The van der Waals surface area contributed by atoms with Gasteiger partial charge in [-0.3, -0.25) is 0 Å². The summed E-state index contributed by atoms with van der Waals surface area (Å²) >= 11 is 0. The molecular formula is C17H24N2. The SMILES string of the molecule is Cc1ccc(C)c(N2CCC(C)(C)C(CC#N)C2)c1. The normalized spacial score (nSPS) is 22.1. The van der Waals surface area contributed by atoms with Crippen LogP contribution in [0.3, 0.4) is 0 Å². The third-order valence-corrected chi connectivity index (χ3v) is 4.62. The summed E-state index contributed by atoms with van der Waals surface area (Å²) in [4.78, 5) is 2.47. The molecule has 0 bridgehead atoms. The summed E-state index contributed by atoms with van der Waals surface area (Å²) in [6, 6.07) is 9.00. The van der Waals surface area contributed by atoms with Crippen molar-refractivity contribution in [2.45, 2.75) is 40.5 Å². The van der Waals surface area contributed by atoms with Crippen molar-refractivity contribution in [1.29, 1.82) is 5.26 Å². The third-order valence-electron chi connectivity index (χ3n) is 4.62. The van der Waals surface area contributed by atoms with Gasteiger partial charge in [0.05, 0.1) is 6.07 Å². The van der Waals surface area contributed by atoms with Crippen LogP contribution in [0, 0.1) is 36.5 Å². The van der Waals surface area contributed by atoms with Crippen LogP contribution in [0.5, 0.6) is 0 Å². The maximum absolute atomic E-state index is 9.04. The summed E-state index contributed by atoms with van der Waals surface area (Å²) in [5.74, 6) is 0.464. The lowest BCUT2D eigenvalue weighted by molar-refractivity contribution is 0.174. The summed E-state index contributed by atoms with van der Waals surface area (Å²) in [6.07, 6.45) is 1.82. The fourth-order valence-corrected chi connectivity index (χ4v) is 2.96. The summed E-state index contributed by atoms with van der Waals surface area (Å²) in [7, 11) is 0. The Hall–Kier alpha value is -1.49. The van der Waals surface area contributed by atoms with E-state index in [9.17, 15) is 0 Å². The van der Waals surface area contributed by atoms with Crippen LogP contribution in [-0.2, 0) is 0 Å². The van der Waals surface area contributed by atoms with Gasteiger partial charge in [0.15, 0.2) is 0 Å². The van der Waals surface area contributed by atoms with E-state index in [1.807, 2.05) is 0 Å². The van der Waals surface area contributed by atoms with Gasteiger partial charge in [-0.2, -0.15) is 5.26 Å². The Kier molecular flexibility index (Phi) is 3.85. The predicted octanol–water partition coefficient (Wildman–Crippen LogP) is 4.07. The summed E-state index contributed by atoms with van der Waals surface area (Å²) in [6.45, 7) is 11.0. The molecule has 0 saturated carbocycles. The largest absolute Gasteiger partial charge is 0.371 e. The van der Waals surface area contributed by atoms with Gasteiger partial charge in [0, 0.05) is 25.2 Å². The van der Waals surface area contributed by atoms with Gasteiger partial charge in [-0.05, 0) is 48.8 Å². The molecule has 1 aliphatic rings. The van der Waals surface area contributed by atoms with Crippen LogP contribution in [0.2, 0.25) is 0 Å². The van der Waals surface area contributed by atoms with Gasteiger partial charge in [-0.15, -0.1) is 0 Å². The van der Waals surface area contributed by atoms with Gasteiger partial charge in [-0.25, -0.2) is 0 Å².